The average molecular weight is 343 g/mol. The van der Waals surface area contributed by atoms with E-state index in [0.29, 0.717) is 43.2 Å². The number of ether oxygens (including phenoxy) is 2. The van der Waals surface area contributed by atoms with E-state index in [1.165, 1.54) is 12.1 Å². The van der Waals surface area contributed by atoms with Gasteiger partial charge in [-0.15, -0.1) is 0 Å². The van der Waals surface area contributed by atoms with Gasteiger partial charge in [-0.1, -0.05) is 0 Å². The molecule has 7 nitrogen and oxygen atoms in total. The summed E-state index contributed by atoms with van der Waals surface area (Å²) in [5.74, 6) is 0.424. The smallest absolute Gasteiger partial charge is 0.317 e. The quantitative estimate of drug-likeness (QED) is 0.664. The Morgan fingerprint density at radius 2 is 1.84 bits per heavy atom. The zero-order valence-corrected chi connectivity index (χ0v) is 13.8. The molecule has 0 saturated carbocycles. The molecule has 0 amide bonds. The third-order valence-electron chi connectivity index (χ3n) is 4.15. The summed E-state index contributed by atoms with van der Waals surface area (Å²) in [6.45, 7) is 2.46. The van der Waals surface area contributed by atoms with Crippen LogP contribution in [-0.2, 0) is 4.74 Å². The molecule has 1 heterocycles. The molecule has 2 aromatic rings. The van der Waals surface area contributed by atoms with E-state index in [-0.39, 0.29) is 16.4 Å². The fourth-order valence-corrected chi connectivity index (χ4v) is 2.80. The first-order valence-electron chi connectivity index (χ1n) is 7.92. The first-order valence-corrected chi connectivity index (χ1v) is 7.92. The molecular formula is C18H19N2O5+. The topological polar surface area (TPSA) is 79.1 Å². The number of methoxy groups -OCH3 is 1. The molecule has 0 radical (unpaired) electrons. The van der Waals surface area contributed by atoms with Crippen LogP contribution in [0.5, 0.6) is 5.75 Å². The highest BCUT2D eigenvalue weighted by molar-refractivity contribution is 6.12. The van der Waals surface area contributed by atoms with Crippen molar-refractivity contribution >= 4 is 17.2 Å². The van der Waals surface area contributed by atoms with Gasteiger partial charge in [-0.2, -0.15) is 0 Å². The summed E-state index contributed by atoms with van der Waals surface area (Å²) in [4.78, 5) is 26.0. The minimum Gasteiger partial charge on any atom is -0.497 e. The number of hydrogen-bond donors (Lipinski definition) is 1. The van der Waals surface area contributed by atoms with Gasteiger partial charge in [-0.3, -0.25) is 4.79 Å². The predicted molar refractivity (Wildman–Crippen MR) is 91.0 cm³/mol. The summed E-state index contributed by atoms with van der Waals surface area (Å²) in [7, 11) is 1.56. The van der Waals surface area contributed by atoms with Crippen molar-refractivity contribution < 1.29 is 24.4 Å². The third-order valence-corrected chi connectivity index (χ3v) is 4.15. The minimum absolute atomic E-state index is 0.00821. The molecular weight excluding hydrogens is 324 g/mol. The second kappa shape index (κ2) is 7.31. The number of ketones is 1. The standard InChI is InChI=1S/C18H19N2O5/c1-24-15-5-2-13(3-6-15)18(21)16-12-14(20(22)23)4-7-17(16)19-8-10-25-11-9-19/h2-7,12H,8-11H2,1H3,(H,22,23)/q+1. The summed E-state index contributed by atoms with van der Waals surface area (Å²) in [5.41, 5.74) is 1.56. The first-order chi connectivity index (χ1) is 12.1. The lowest BCUT2D eigenvalue weighted by Crippen LogP contribution is -2.37. The summed E-state index contributed by atoms with van der Waals surface area (Å²) in [6, 6.07) is 11.3. The Kier molecular flexibility index (Phi) is 4.95. The first kappa shape index (κ1) is 16.9. The lowest BCUT2D eigenvalue weighted by molar-refractivity contribution is -0.729. The lowest BCUT2D eigenvalue weighted by Gasteiger charge is -2.30. The Hall–Kier alpha value is -2.93. The van der Waals surface area contributed by atoms with Gasteiger partial charge in [0.05, 0.1) is 30.8 Å². The van der Waals surface area contributed by atoms with Crippen molar-refractivity contribution in [2.24, 2.45) is 0 Å². The molecule has 0 bridgehead atoms. The Balaban J connectivity index is 2.02. The van der Waals surface area contributed by atoms with Crippen LogP contribution in [0.15, 0.2) is 42.5 Å². The maximum atomic E-state index is 13.0. The van der Waals surface area contributed by atoms with Crippen LogP contribution in [0.25, 0.3) is 0 Å². The van der Waals surface area contributed by atoms with Gasteiger partial charge in [0, 0.05) is 36.5 Å². The summed E-state index contributed by atoms with van der Waals surface area (Å²) < 4.78 is 10.5. The highest BCUT2D eigenvalue weighted by Crippen LogP contribution is 2.28. The van der Waals surface area contributed by atoms with Gasteiger partial charge in [0.2, 0.25) is 0 Å². The van der Waals surface area contributed by atoms with Crippen LogP contribution in [0.2, 0.25) is 0 Å². The normalized spacial score (nSPS) is 14.2. The molecule has 0 aromatic heterocycles. The van der Waals surface area contributed by atoms with Gasteiger partial charge >= 0.3 is 5.69 Å². The highest BCUT2D eigenvalue weighted by Gasteiger charge is 2.24. The number of benzene rings is 2. The van der Waals surface area contributed by atoms with Crippen molar-refractivity contribution in [2.75, 3.05) is 38.3 Å². The van der Waals surface area contributed by atoms with Gasteiger partial charge in [0.1, 0.15) is 5.75 Å². The Morgan fingerprint density at radius 3 is 2.44 bits per heavy atom. The van der Waals surface area contributed by atoms with Gasteiger partial charge in [-0.25, -0.2) is 5.21 Å². The number of morpholine rings is 1. The van der Waals surface area contributed by atoms with Crippen molar-refractivity contribution in [3.05, 3.63) is 58.5 Å². The number of hydrogen-bond acceptors (Lipinski definition) is 5. The van der Waals surface area contributed by atoms with Crippen LogP contribution >= 0.6 is 0 Å². The number of carbonyl (C=O) groups is 1. The molecule has 0 aliphatic carbocycles. The van der Waals surface area contributed by atoms with E-state index in [0.717, 1.165) is 5.69 Å². The monoisotopic (exact) mass is 343 g/mol. The maximum absolute atomic E-state index is 13.0. The molecule has 25 heavy (non-hydrogen) atoms. The molecule has 1 fully saturated rings. The molecule has 7 heteroatoms. The third kappa shape index (κ3) is 3.61. The molecule has 2 aromatic carbocycles. The zero-order valence-electron chi connectivity index (χ0n) is 13.8. The highest BCUT2D eigenvalue weighted by atomic mass is 16.6. The Labute approximate surface area is 144 Å². The van der Waals surface area contributed by atoms with E-state index in [4.69, 9.17) is 9.47 Å². The van der Waals surface area contributed by atoms with Crippen molar-refractivity contribution in [3.8, 4) is 5.75 Å². The van der Waals surface area contributed by atoms with E-state index in [1.54, 1.807) is 37.4 Å². The average Bonchev–Trinajstić information content (AvgIpc) is 2.67. The number of rotatable bonds is 5. The number of nitrogens with zero attached hydrogens (tertiary/aromatic N) is 2. The second-order valence-corrected chi connectivity index (χ2v) is 5.63. The SMILES string of the molecule is COc1ccc(C(=O)c2cc([N+](=O)O)ccc2N2CCOCC2)cc1. The van der Waals surface area contributed by atoms with Gasteiger partial charge in [-0.05, 0) is 30.3 Å². The van der Waals surface area contributed by atoms with Crippen LogP contribution in [-0.4, -0.2) is 49.3 Å². The molecule has 0 spiro atoms. The fourth-order valence-electron chi connectivity index (χ4n) is 2.80. The Bertz CT molecular complexity index is 783. The van der Waals surface area contributed by atoms with Crippen molar-refractivity contribution in [3.63, 3.8) is 0 Å². The van der Waals surface area contributed by atoms with Gasteiger partial charge in [0.25, 0.3) is 4.92 Å². The molecule has 0 unspecified atom stereocenters. The predicted octanol–water partition coefficient (Wildman–Crippen LogP) is 2.56. The van der Waals surface area contributed by atoms with Crippen LogP contribution in [0, 0.1) is 4.91 Å². The lowest BCUT2D eigenvalue weighted by atomic mass is 10.00. The molecule has 1 saturated heterocycles. The van der Waals surface area contributed by atoms with Crippen molar-refractivity contribution in [1.82, 2.24) is 0 Å². The summed E-state index contributed by atoms with van der Waals surface area (Å²) in [6.07, 6.45) is 0. The summed E-state index contributed by atoms with van der Waals surface area (Å²) in [5, 5.41) is 9.19. The largest absolute Gasteiger partial charge is 0.497 e. The van der Waals surface area contributed by atoms with Gasteiger partial charge < -0.3 is 14.4 Å². The van der Waals surface area contributed by atoms with E-state index in [9.17, 15) is 14.9 Å². The Morgan fingerprint density at radius 1 is 1.16 bits per heavy atom. The molecule has 130 valence electrons. The maximum Gasteiger partial charge on any atom is 0.317 e. The molecule has 0 atom stereocenters. The van der Waals surface area contributed by atoms with Gasteiger partial charge in [0.15, 0.2) is 5.78 Å². The van der Waals surface area contributed by atoms with Crippen LogP contribution in [0.1, 0.15) is 15.9 Å². The van der Waals surface area contributed by atoms with E-state index in [1.807, 2.05) is 4.90 Å². The molecule has 1 aliphatic heterocycles. The van der Waals surface area contributed by atoms with Crippen LogP contribution < -0.4 is 9.64 Å². The minimum atomic E-state index is -0.242. The van der Waals surface area contributed by atoms with Crippen LogP contribution in [0.4, 0.5) is 11.4 Å². The van der Waals surface area contributed by atoms with E-state index >= 15 is 0 Å². The van der Waals surface area contributed by atoms with E-state index in [2.05, 4.69) is 0 Å². The molecule has 1 N–H and O–H groups in total. The molecule has 3 rings (SSSR count). The summed E-state index contributed by atoms with van der Waals surface area (Å²) >= 11 is 0. The number of carbonyl (C=O) groups excluding carboxylic acids is 1. The zero-order chi connectivity index (χ0) is 17.8. The molecule has 1 aliphatic rings. The second-order valence-electron chi connectivity index (χ2n) is 5.63. The van der Waals surface area contributed by atoms with Crippen molar-refractivity contribution in [1.29, 1.82) is 0 Å². The number of anilines is 1. The fraction of sp³-hybridized carbons (Fsp3) is 0.278. The van der Waals surface area contributed by atoms with E-state index < -0.39 is 0 Å². The van der Waals surface area contributed by atoms with Crippen LogP contribution in [0.3, 0.4) is 0 Å². The van der Waals surface area contributed by atoms with Crippen molar-refractivity contribution in [2.45, 2.75) is 0 Å².